The molecule has 1 rings (SSSR count). The smallest absolute Gasteiger partial charge is 0.233 e. The summed E-state index contributed by atoms with van der Waals surface area (Å²) in [6, 6.07) is 7.74. The molecule has 0 saturated heterocycles. The van der Waals surface area contributed by atoms with Gasteiger partial charge in [0.2, 0.25) is 5.91 Å². The minimum atomic E-state index is -0.194. The van der Waals surface area contributed by atoms with E-state index in [1.165, 1.54) is 11.8 Å². The van der Waals surface area contributed by atoms with Crippen molar-refractivity contribution in [2.24, 2.45) is 0 Å². The van der Waals surface area contributed by atoms with E-state index in [2.05, 4.69) is 5.32 Å². The van der Waals surface area contributed by atoms with E-state index < -0.39 is 0 Å². The predicted molar refractivity (Wildman–Crippen MR) is 76.2 cm³/mol. The SMILES string of the molecule is COc1cccc(S[C@H](C)C(=O)NC(C)(C)C)c1. The van der Waals surface area contributed by atoms with E-state index in [0.29, 0.717) is 0 Å². The van der Waals surface area contributed by atoms with Crippen molar-refractivity contribution in [2.45, 2.75) is 43.4 Å². The molecular weight excluding hydrogens is 246 g/mol. The monoisotopic (exact) mass is 267 g/mol. The Morgan fingerprint density at radius 1 is 1.39 bits per heavy atom. The van der Waals surface area contributed by atoms with Gasteiger partial charge in [0.05, 0.1) is 12.4 Å². The fourth-order valence-electron chi connectivity index (χ4n) is 1.40. The molecule has 1 amide bonds. The molecular formula is C14H21NO2S. The molecule has 0 aliphatic rings. The maximum absolute atomic E-state index is 12.0. The number of methoxy groups -OCH3 is 1. The Morgan fingerprint density at radius 2 is 2.06 bits per heavy atom. The molecule has 1 aromatic rings. The van der Waals surface area contributed by atoms with Gasteiger partial charge >= 0.3 is 0 Å². The maximum atomic E-state index is 12.0. The standard InChI is InChI=1S/C14H21NO2S/c1-10(13(16)15-14(2,3)4)18-12-8-6-7-11(9-12)17-5/h6-10H,1-5H3,(H,15,16)/t10-/m1/s1. The molecule has 1 N–H and O–H groups in total. The van der Waals surface area contributed by atoms with Crippen LogP contribution in [0, 0.1) is 0 Å². The second-order valence-corrected chi connectivity index (χ2v) is 6.59. The first-order valence-corrected chi connectivity index (χ1v) is 6.82. The summed E-state index contributed by atoms with van der Waals surface area (Å²) >= 11 is 1.53. The number of rotatable bonds is 4. The van der Waals surface area contributed by atoms with Crippen LogP contribution >= 0.6 is 11.8 Å². The predicted octanol–water partition coefficient (Wildman–Crippen LogP) is 3.09. The van der Waals surface area contributed by atoms with Gasteiger partial charge in [-0.1, -0.05) is 6.07 Å². The Hall–Kier alpha value is -1.16. The highest BCUT2D eigenvalue weighted by molar-refractivity contribution is 8.00. The van der Waals surface area contributed by atoms with Crippen LogP contribution in [0.25, 0.3) is 0 Å². The minimum absolute atomic E-state index is 0.0512. The highest BCUT2D eigenvalue weighted by Gasteiger charge is 2.20. The van der Waals surface area contributed by atoms with E-state index in [4.69, 9.17) is 4.74 Å². The number of hydrogen-bond acceptors (Lipinski definition) is 3. The zero-order chi connectivity index (χ0) is 13.8. The first kappa shape index (κ1) is 14.9. The van der Waals surface area contributed by atoms with Crippen LogP contribution in [0.3, 0.4) is 0 Å². The molecule has 0 unspecified atom stereocenters. The van der Waals surface area contributed by atoms with Crippen molar-refractivity contribution < 1.29 is 9.53 Å². The molecule has 18 heavy (non-hydrogen) atoms. The number of benzene rings is 1. The van der Waals surface area contributed by atoms with E-state index in [1.54, 1.807) is 7.11 Å². The minimum Gasteiger partial charge on any atom is -0.497 e. The topological polar surface area (TPSA) is 38.3 Å². The van der Waals surface area contributed by atoms with Crippen molar-refractivity contribution in [3.8, 4) is 5.75 Å². The van der Waals surface area contributed by atoms with Gasteiger partial charge in [0.1, 0.15) is 5.75 Å². The molecule has 1 atom stereocenters. The van der Waals surface area contributed by atoms with Crippen molar-refractivity contribution in [2.75, 3.05) is 7.11 Å². The summed E-state index contributed by atoms with van der Waals surface area (Å²) in [5, 5.41) is 2.85. The van der Waals surface area contributed by atoms with Gasteiger partial charge in [-0.25, -0.2) is 0 Å². The molecule has 0 spiro atoms. The van der Waals surface area contributed by atoms with E-state index in [-0.39, 0.29) is 16.7 Å². The molecule has 0 aliphatic heterocycles. The molecule has 0 bridgehead atoms. The molecule has 0 radical (unpaired) electrons. The highest BCUT2D eigenvalue weighted by Crippen LogP contribution is 2.26. The Kier molecular flexibility index (Phi) is 5.08. The Morgan fingerprint density at radius 3 is 2.61 bits per heavy atom. The van der Waals surface area contributed by atoms with Gasteiger partial charge in [-0.05, 0) is 45.9 Å². The average molecular weight is 267 g/mol. The number of ether oxygens (including phenoxy) is 1. The Labute approximate surface area is 113 Å². The molecule has 3 nitrogen and oxygen atoms in total. The number of hydrogen-bond donors (Lipinski definition) is 1. The van der Waals surface area contributed by atoms with E-state index in [9.17, 15) is 4.79 Å². The molecule has 0 aliphatic carbocycles. The maximum Gasteiger partial charge on any atom is 0.233 e. The van der Waals surface area contributed by atoms with Crippen LogP contribution in [-0.4, -0.2) is 23.8 Å². The fraction of sp³-hybridized carbons (Fsp3) is 0.500. The van der Waals surface area contributed by atoms with E-state index >= 15 is 0 Å². The van der Waals surface area contributed by atoms with Crippen molar-refractivity contribution in [1.29, 1.82) is 0 Å². The van der Waals surface area contributed by atoms with Crippen molar-refractivity contribution in [3.63, 3.8) is 0 Å². The molecule has 1 aromatic carbocycles. The van der Waals surface area contributed by atoms with Crippen LogP contribution in [0.1, 0.15) is 27.7 Å². The summed E-state index contributed by atoms with van der Waals surface area (Å²) in [5.41, 5.74) is -0.194. The highest BCUT2D eigenvalue weighted by atomic mass is 32.2. The van der Waals surface area contributed by atoms with Crippen LogP contribution < -0.4 is 10.1 Å². The van der Waals surface area contributed by atoms with Crippen LogP contribution in [-0.2, 0) is 4.79 Å². The number of carbonyl (C=O) groups is 1. The Bertz CT molecular complexity index is 413. The Balaban J connectivity index is 2.63. The van der Waals surface area contributed by atoms with Gasteiger partial charge in [0.15, 0.2) is 0 Å². The van der Waals surface area contributed by atoms with Crippen molar-refractivity contribution in [1.82, 2.24) is 5.32 Å². The van der Waals surface area contributed by atoms with Crippen molar-refractivity contribution in [3.05, 3.63) is 24.3 Å². The lowest BCUT2D eigenvalue weighted by atomic mass is 10.1. The first-order chi connectivity index (χ1) is 8.31. The van der Waals surface area contributed by atoms with Gasteiger partial charge in [0, 0.05) is 10.4 Å². The quantitative estimate of drug-likeness (QED) is 0.852. The molecule has 0 aromatic heterocycles. The zero-order valence-electron chi connectivity index (χ0n) is 11.6. The van der Waals surface area contributed by atoms with Gasteiger partial charge in [-0.2, -0.15) is 0 Å². The van der Waals surface area contributed by atoms with Crippen LogP contribution in [0.5, 0.6) is 5.75 Å². The molecule has 100 valence electrons. The summed E-state index contributed by atoms with van der Waals surface area (Å²) in [5.74, 6) is 0.860. The summed E-state index contributed by atoms with van der Waals surface area (Å²) in [4.78, 5) is 13.0. The van der Waals surface area contributed by atoms with Crippen LogP contribution in [0.15, 0.2) is 29.2 Å². The third-order valence-electron chi connectivity index (χ3n) is 2.22. The third kappa shape index (κ3) is 5.00. The molecule has 0 heterocycles. The third-order valence-corrected chi connectivity index (χ3v) is 3.32. The van der Waals surface area contributed by atoms with Crippen molar-refractivity contribution >= 4 is 17.7 Å². The first-order valence-electron chi connectivity index (χ1n) is 5.94. The van der Waals surface area contributed by atoms with Gasteiger partial charge in [-0.3, -0.25) is 4.79 Å². The summed E-state index contributed by atoms with van der Waals surface area (Å²) < 4.78 is 5.16. The van der Waals surface area contributed by atoms with E-state index in [0.717, 1.165) is 10.6 Å². The van der Waals surface area contributed by atoms with E-state index in [1.807, 2.05) is 52.0 Å². The largest absolute Gasteiger partial charge is 0.497 e. The number of carbonyl (C=O) groups excluding carboxylic acids is 1. The number of thioether (sulfide) groups is 1. The summed E-state index contributed by atoms with van der Waals surface area (Å²) in [6.45, 7) is 7.85. The number of nitrogens with one attached hydrogen (secondary N) is 1. The zero-order valence-corrected chi connectivity index (χ0v) is 12.4. The fourth-order valence-corrected chi connectivity index (χ4v) is 2.32. The molecule has 0 fully saturated rings. The second kappa shape index (κ2) is 6.14. The van der Waals surface area contributed by atoms with Gasteiger partial charge in [-0.15, -0.1) is 11.8 Å². The normalized spacial score (nSPS) is 12.9. The second-order valence-electron chi connectivity index (χ2n) is 5.18. The lowest BCUT2D eigenvalue weighted by Crippen LogP contribution is -2.44. The summed E-state index contributed by atoms with van der Waals surface area (Å²) in [7, 11) is 1.64. The lowest BCUT2D eigenvalue weighted by molar-refractivity contribution is -0.121. The average Bonchev–Trinajstić information content (AvgIpc) is 2.27. The van der Waals surface area contributed by atoms with Crippen LogP contribution in [0.4, 0.5) is 0 Å². The van der Waals surface area contributed by atoms with Crippen LogP contribution in [0.2, 0.25) is 0 Å². The lowest BCUT2D eigenvalue weighted by Gasteiger charge is -2.23. The number of amides is 1. The van der Waals surface area contributed by atoms with Gasteiger partial charge < -0.3 is 10.1 Å². The van der Waals surface area contributed by atoms with Gasteiger partial charge in [0.25, 0.3) is 0 Å². The summed E-state index contributed by atoms with van der Waals surface area (Å²) in [6.07, 6.45) is 0. The molecule has 4 heteroatoms. The molecule has 0 saturated carbocycles.